The SMILES string of the molecule is C=C1C(=O)O[C@H]2/C=C(\C)CC/C=C(\C)[C@@H](OC(=O)[C@@]3(C)O[C@H]3C)[C@H](O)[C@@H]12. The van der Waals surface area contributed by atoms with Gasteiger partial charge in [0, 0.05) is 5.57 Å². The van der Waals surface area contributed by atoms with E-state index in [1.807, 2.05) is 26.0 Å². The number of esters is 2. The third-order valence-electron chi connectivity index (χ3n) is 5.62. The van der Waals surface area contributed by atoms with Crippen molar-refractivity contribution in [3.63, 3.8) is 0 Å². The number of rotatable bonds is 2. The molecule has 0 bridgehead atoms. The van der Waals surface area contributed by atoms with Crippen LogP contribution in [0, 0.1) is 5.92 Å². The van der Waals surface area contributed by atoms with Gasteiger partial charge in [-0.05, 0) is 52.2 Å². The van der Waals surface area contributed by atoms with E-state index in [0.29, 0.717) is 0 Å². The van der Waals surface area contributed by atoms with Gasteiger partial charge >= 0.3 is 11.9 Å². The number of fused-ring (bicyclic) bond motifs is 1. The molecular weight excluding hydrogens is 336 g/mol. The van der Waals surface area contributed by atoms with Gasteiger partial charge in [0.05, 0.1) is 12.0 Å². The molecule has 0 saturated carbocycles. The normalized spacial score (nSPS) is 44.1. The summed E-state index contributed by atoms with van der Waals surface area (Å²) in [5.74, 6) is -1.71. The quantitative estimate of drug-likeness (QED) is 0.351. The van der Waals surface area contributed by atoms with E-state index in [-0.39, 0.29) is 11.7 Å². The van der Waals surface area contributed by atoms with E-state index < -0.39 is 41.8 Å². The predicted octanol–water partition coefficient (Wildman–Crippen LogP) is 2.22. The van der Waals surface area contributed by atoms with Gasteiger partial charge in [-0.25, -0.2) is 9.59 Å². The van der Waals surface area contributed by atoms with Crippen molar-refractivity contribution in [2.24, 2.45) is 5.92 Å². The summed E-state index contributed by atoms with van der Waals surface area (Å²) in [6, 6.07) is 0. The summed E-state index contributed by atoms with van der Waals surface area (Å²) in [5.41, 5.74) is 1.03. The molecule has 2 aliphatic heterocycles. The lowest BCUT2D eigenvalue weighted by molar-refractivity contribution is -0.160. The second-order valence-electron chi connectivity index (χ2n) is 7.60. The molecule has 142 valence electrons. The molecule has 3 rings (SSSR count). The maximum Gasteiger partial charge on any atom is 0.341 e. The molecule has 0 aromatic rings. The molecule has 3 aliphatic rings. The minimum Gasteiger partial charge on any atom is -0.454 e. The number of carbonyl (C=O) groups is 2. The first kappa shape index (κ1) is 18.9. The predicted molar refractivity (Wildman–Crippen MR) is 94.1 cm³/mol. The topological polar surface area (TPSA) is 85.4 Å². The Morgan fingerprint density at radius 1 is 1.42 bits per heavy atom. The number of ether oxygens (including phenoxy) is 3. The third-order valence-corrected chi connectivity index (χ3v) is 5.62. The van der Waals surface area contributed by atoms with E-state index >= 15 is 0 Å². The van der Waals surface area contributed by atoms with Crippen molar-refractivity contribution in [2.75, 3.05) is 0 Å². The van der Waals surface area contributed by atoms with Crippen LogP contribution in [0.3, 0.4) is 0 Å². The summed E-state index contributed by atoms with van der Waals surface area (Å²) in [5, 5.41) is 11.0. The molecule has 2 fully saturated rings. The molecule has 6 nitrogen and oxygen atoms in total. The zero-order valence-electron chi connectivity index (χ0n) is 15.7. The summed E-state index contributed by atoms with van der Waals surface area (Å²) in [6.07, 6.45) is 2.48. The summed E-state index contributed by atoms with van der Waals surface area (Å²) >= 11 is 0. The number of aliphatic hydroxyl groups is 1. The average molecular weight is 362 g/mol. The molecule has 1 N–H and O–H groups in total. The fourth-order valence-electron chi connectivity index (χ4n) is 3.55. The Morgan fingerprint density at radius 3 is 2.69 bits per heavy atom. The first-order valence-corrected chi connectivity index (χ1v) is 8.96. The number of hydrogen-bond donors (Lipinski definition) is 1. The Kier molecular flexibility index (Phi) is 4.84. The largest absolute Gasteiger partial charge is 0.454 e. The van der Waals surface area contributed by atoms with Crippen molar-refractivity contribution in [2.45, 2.75) is 70.6 Å². The zero-order chi connectivity index (χ0) is 19.2. The van der Waals surface area contributed by atoms with E-state index in [1.54, 1.807) is 13.8 Å². The van der Waals surface area contributed by atoms with Crippen LogP contribution in [-0.2, 0) is 23.8 Å². The van der Waals surface area contributed by atoms with Crippen LogP contribution >= 0.6 is 0 Å². The highest BCUT2D eigenvalue weighted by Gasteiger charge is 2.58. The highest BCUT2D eigenvalue weighted by atomic mass is 16.7. The van der Waals surface area contributed by atoms with E-state index in [0.717, 1.165) is 24.0 Å². The molecule has 6 atom stereocenters. The average Bonchev–Trinajstić information content (AvgIpc) is 3.09. The van der Waals surface area contributed by atoms with Crippen molar-refractivity contribution >= 4 is 11.9 Å². The molecule has 0 aromatic heterocycles. The molecule has 2 saturated heterocycles. The van der Waals surface area contributed by atoms with Crippen LogP contribution in [0.2, 0.25) is 0 Å². The molecule has 26 heavy (non-hydrogen) atoms. The van der Waals surface area contributed by atoms with Gasteiger partial charge in [0.2, 0.25) is 0 Å². The molecule has 6 heteroatoms. The van der Waals surface area contributed by atoms with Crippen molar-refractivity contribution in [3.05, 3.63) is 35.5 Å². The number of aliphatic hydroxyl groups excluding tert-OH is 1. The Bertz CT molecular complexity index is 705. The van der Waals surface area contributed by atoms with Crippen molar-refractivity contribution in [3.8, 4) is 0 Å². The standard InChI is InChI=1S/C20H26O6/c1-10-7-6-8-11(2)17(25-19(23)20(5)13(4)26-20)16(21)15-12(3)18(22)24-14(15)9-10/h8-9,13-17,21H,3,6-7H2,1-2,4-5H3/b10-9+,11-8+/t13-,14-,15-,16+,17+,20-/m0/s1. The summed E-state index contributed by atoms with van der Waals surface area (Å²) in [6.45, 7) is 11.0. The molecule has 2 heterocycles. The Morgan fingerprint density at radius 2 is 2.08 bits per heavy atom. The van der Waals surface area contributed by atoms with Gasteiger partial charge in [-0.3, -0.25) is 0 Å². The van der Waals surface area contributed by atoms with Crippen LogP contribution in [0.1, 0.15) is 40.5 Å². The Hall–Kier alpha value is -1.92. The van der Waals surface area contributed by atoms with E-state index in [2.05, 4.69) is 6.58 Å². The molecule has 0 spiro atoms. The van der Waals surface area contributed by atoms with E-state index in [1.165, 1.54) is 0 Å². The summed E-state index contributed by atoms with van der Waals surface area (Å²) in [4.78, 5) is 24.5. The lowest BCUT2D eigenvalue weighted by atomic mass is 9.84. The fourth-order valence-corrected chi connectivity index (χ4v) is 3.55. The first-order valence-electron chi connectivity index (χ1n) is 8.96. The van der Waals surface area contributed by atoms with Gasteiger partial charge < -0.3 is 19.3 Å². The lowest BCUT2D eigenvalue weighted by Gasteiger charge is -2.30. The minimum absolute atomic E-state index is 0.197. The van der Waals surface area contributed by atoms with Gasteiger partial charge in [-0.1, -0.05) is 18.2 Å². The summed E-state index contributed by atoms with van der Waals surface area (Å²) in [7, 11) is 0. The smallest absolute Gasteiger partial charge is 0.341 e. The second-order valence-corrected chi connectivity index (χ2v) is 7.60. The molecule has 0 aromatic carbocycles. The van der Waals surface area contributed by atoms with Gasteiger partial charge in [0.15, 0.2) is 5.60 Å². The second kappa shape index (κ2) is 6.67. The maximum atomic E-state index is 12.5. The van der Waals surface area contributed by atoms with Gasteiger partial charge in [-0.2, -0.15) is 0 Å². The highest BCUT2D eigenvalue weighted by molar-refractivity contribution is 5.91. The third kappa shape index (κ3) is 3.23. The van der Waals surface area contributed by atoms with Gasteiger partial charge in [0.1, 0.15) is 18.3 Å². The Balaban J connectivity index is 1.91. The maximum absolute atomic E-state index is 12.5. The van der Waals surface area contributed by atoms with Crippen LogP contribution in [0.4, 0.5) is 0 Å². The van der Waals surface area contributed by atoms with Crippen LogP contribution in [-0.4, -0.2) is 47.1 Å². The molecule has 0 amide bonds. The molecule has 0 unspecified atom stereocenters. The van der Waals surface area contributed by atoms with Crippen LogP contribution < -0.4 is 0 Å². The van der Waals surface area contributed by atoms with Crippen molar-refractivity contribution < 1.29 is 28.9 Å². The summed E-state index contributed by atoms with van der Waals surface area (Å²) < 4.78 is 16.4. The van der Waals surface area contributed by atoms with Crippen LogP contribution in [0.15, 0.2) is 35.5 Å². The van der Waals surface area contributed by atoms with Gasteiger partial charge in [-0.15, -0.1) is 0 Å². The van der Waals surface area contributed by atoms with E-state index in [4.69, 9.17) is 14.2 Å². The van der Waals surface area contributed by atoms with Crippen molar-refractivity contribution in [1.29, 1.82) is 0 Å². The first-order chi connectivity index (χ1) is 12.1. The number of hydrogen-bond acceptors (Lipinski definition) is 6. The Labute approximate surface area is 153 Å². The van der Waals surface area contributed by atoms with Crippen LogP contribution in [0.5, 0.6) is 0 Å². The highest BCUT2D eigenvalue weighted by Crippen LogP contribution is 2.39. The van der Waals surface area contributed by atoms with Gasteiger partial charge in [0.25, 0.3) is 0 Å². The fraction of sp³-hybridized carbons (Fsp3) is 0.600. The number of epoxide rings is 1. The molecule has 1 aliphatic carbocycles. The molecule has 0 radical (unpaired) electrons. The minimum atomic E-state index is -1.14. The lowest BCUT2D eigenvalue weighted by Crippen LogP contribution is -2.43. The number of allylic oxidation sites excluding steroid dienone is 2. The monoisotopic (exact) mass is 362 g/mol. The van der Waals surface area contributed by atoms with Crippen molar-refractivity contribution in [1.82, 2.24) is 0 Å². The van der Waals surface area contributed by atoms with Crippen LogP contribution in [0.25, 0.3) is 0 Å². The number of carbonyl (C=O) groups excluding carboxylic acids is 2. The zero-order valence-corrected chi connectivity index (χ0v) is 15.7. The van der Waals surface area contributed by atoms with E-state index in [9.17, 15) is 14.7 Å². The molecular formula is C20H26O6.